The lowest BCUT2D eigenvalue weighted by Gasteiger charge is -2.07. The van der Waals surface area contributed by atoms with Crippen molar-refractivity contribution in [2.75, 3.05) is 13.7 Å². The van der Waals surface area contributed by atoms with E-state index in [1.54, 1.807) is 7.11 Å². The van der Waals surface area contributed by atoms with Crippen LogP contribution in [0.4, 0.5) is 0 Å². The topological polar surface area (TPSA) is 35.2 Å². The summed E-state index contributed by atoms with van der Waals surface area (Å²) >= 11 is 0. The van der Waals surface area contributed by atoms with Gasteiger partial charge in [-0.05, 0) is 56.5 Å². The van der Waals surface area contributed by atoms with E-state index in [1.165, 1.54) is 5.56 Å². The summed E-state index contributed by atoms with van der Waals surface area (Å²) < 4.78 is 5.28. The Morgan fingerprint density at radius 2 is 1.94 bits per heavy atom. The summed E-state index contributed by atoms with van der Waals surface area (Å²) in [5, 5.41) is 0. The summed E-state index contributed by atoms with van der Waals surface area (Å²) in [6, 6.07) is 4.13. The van der Waals surface area contributed by atoms with E-state index in [0.717, 1.165) is 42.7 Å². The molecular formula is C15H21NO. The van der Waals surface area contributed by atoms with Gasteiger partial charge in [0.1, 0.15) is 5.75 Å². The zero-order chi connectivity index (χ0) is 12.7. The third-order valence-corrected chi connectivity index (χ3v) is 2.72. The van der Waals surface area contributed by atoms with Crippen LogP contribution in [0.1, 0.15) is 36.0 Å². The van der Waals surface area contributed by atoms with Crippen LogP contribution < -0.4 is 10.5 Å². The molecule has 0 aliphatic carbocycles. The third-order valence-electron chi connectivity index (χ3n) is 2.72. The molecule has 92 valence electrons. The van der Waals surface area contributed by atoms with E-state index >= 15 is 0 Å². The van der Waals surface area contributed by atoms with Crippen LogP contribution in [-0.4, -0.2) is 13.7 Å². The van der Waals surface area contributed by atoms with Gasteiger partial charge in [0, 0.05) is 12.0 Å². The molecule has 0 spiro atoms. The second-order valence-corrected chi connectivity index (χ2v) is 4.18. The van der Waals surface area contributed by atoms with Gasteiger partial charge in [0.25, 0.3) is 0 Å². The quantitative estimate of drug-likeness (QED) is 0.639. The first kappa shape index (κ1) is 13.6. The maximum atomic E-state index is 5.44. The van der Waals surface area contributed by atoms with Crippen molar-refractivity contribution in [1.29, 1.82) is 0 Å². The molecule has 0 fully saturated rings. The second-order valence-electron chi connectivity index (χ2n) is 4.18. The van der Waals surface area contributed by atoms with Gasteiger partial charge in [-0.25, -0.2) is 0 Å². The standard InChI is InChI=1S/C15H21NO/c1-12-11-15(17-3)13(2)10-14(12)8-6-4-5-7-9-16/h10-11H,4-5,7,9,16H2,1-3H3. The van der Waals surface area contributed by atoms with Crippen molar-refractivity contribution in [1.82, 2.24) is 0 Å². The molecule has 1 rings (SSSR count). The van der Waals surface area contributed by atoms with Crippen molar-refractivity contribution in [2.24, 2.45) is 5.73 Å². The minimum Gasteiger partial charge on any atom is -0.496 e. The molecule has 0 atom stereocenters. The first-order chi connectivity index (χ1) is 8.19. The van der Waals surface area contributed by atoms with Gasteiger partial charge in [-0.1, -0.05) is 11.8 Å². The summed E-state index contributed by atoms with van der Waals surface area (Å²) in [6.45, 7) is 4.85. The van der Waals surface area contributed by atoms with E-state index in [0.29, 0.717) is 0 Å². The molecule has 0 bridgehead atoms. The van der Waals surface area contributed by atoms with E-state index in [-0.39, 0.29) is 0 Å². The Bertz CT molecular complexity index is 427. The Kier molecular flexibility index (Phi) is 5.59. The molecule has 0 unspecified atom stereocenters. The normalized spacial score (nSPS) is 9.65. The third kappa shape index (κ3) is 4.13. The summed E-state index contributed by atoms with van der Waals surface area (Å²) in [5.74, 6) is 7.34. The van der Waals surface area contributed by atoms with Crippen LogP contribution in [0.15, 0.2) is 12.1 Å². The minimum atomic E-state index is 0.752. The number of nitrogens with two attached hydrogens (primary N) is 1. The highest BCUT2D eigenvalue weighted by Crippen LogP contribution is 2.21. The fourth-order valence-corrected chi connectivity index (χ4v) is 1.66. The van der Waals surface area contributed by atoms with Crippen molar-refractivity contribution in [3.63, 3.8) is 0 Å². The fourth-order valence-electron chi connectivity index (χ4n) is 1.66. The van der Waals surface area contributed by atoms with Crippen molar-refractivity contribution in [2.45, 2.75) is 33.1 Å². The molecule has 0 heterocycles. The Labute approximate surface area is 104 Å². The first-order valence-electron chi connectivity index (χ1n) is 6.03. The first-order valence-corrected chi connectivity index (χ1v) is 6.03. The van der Waals surface area contributed by atoms with Crippen LogP contribution in [0.5, 0.6) is 5.75 Å². The molecule has 0 saturated carbocycles. The SMILES string of the molecule is COc1cc(C)c(C#CCCCCN)cc1C. The van der Waals surface area contributed by atoms with Gasteiger partial charge in [0.15, 0.2) is 0 Å². The fraction of sp³-hybridized carbons (Fsp3) is 0.467. The highest BCUT2D eigenvalue weighted by atomic mass is 16.5. The van der Waals surface area contributed by atoms with Gasteiger partial charge in [0.05, 0.1) is 7.11 Å². The lowest BCUT2D eigenvalue weighted by molar-refractivity contribution is 0.411. The number of hydrogen-bond acceptors (Lipinski definition) is 2. The Balaban J connectivity index is 2.74. The van der Waals surface area contributed by atoms with Crippen LogP contribution in [0.2, 0.25) is 0 Å². The minimum absolute atomic E-state index is 0.752. The van der Waals surface area contributed by atoms with Crippen LogP contribution in [0.25, 0.3) is 0 Å². The number of unbranched alkanes of at least 4 members (excludes halogenated alkanes) is 2. The molecule has 0 aliphatic rings. The summed E-state index contributed by atoms with van der Waals surface area (Å²) in [6.07, 6.45) is 3.05. The zero-order valence-electron chi connectivity index (χ0n) is 11.0. The van der Waals surface area contributed by atoms with E-state index in [4.69, 9.17) is 10.5 Å². The van der Waals surface area contributed by atoms with Crippen molar-refractivity contribution < 1.29 is 4.74 Å². The lowest BCUT2D eigenvalue weighted by atomic mass is 10.0. The average Bonchev–Trinajstić information content (AvgIpc) is 2.32. The van der Waals surface area contributed by atoms with Crippen molar-refractivity contribution in [3.8, 4) is 17.6 Å². The molecule has 17 heavy (non-hydrogen) atoms. The Morgan fingerprint density at radius 1 is 1.18 bits per heavy atom. The molecule has 2 nitrogen and oxygen atoms in total. The number of ether oxygens (including phenoxy) is 1. The van der Waals surface area contributed by atoms with Gasteiger partial charge in [-0.3, -0.25) is 0 Å². The van der Waals surface area contributed by atoms with Gasteiger partial charge in [0.2, 0.25) is 0 Å². The van der Waals surface area contributed by atoms with Crippen LogP contribution in [-0.2, 0) is 0 Å². The molecule has 0 saturated heterocycles. The number of methoxy groups -OCH3 is 1. The molecule has 2 heteroatoms. The Morgan fingerprint density at radius 3 is 2.59 bits per heavy atom. The summed E-state index contributed by atoms with van der Waals surface area (Å²) in [4.78, 5) is 0. The molecular weight excluding hydrogens is 210 g/mol. The molecule has 1 aromatic carbocycles. The smallest absolute Gasteiger partial charge is 0.122 e. The summed E-state index contributed by atoms with van der Waals surface area (Å²) in [5.41, 5.74) is 8.82. The molecule has 0 radical (unpaired) electrons. The highest BCUT2D eigenvalue weighted by molar-refractivity contribution is 5.48. The number of rotatable bonds is 4. The second kappa shape index (κ2) is 6.98. The predicted octanol–water partition coefficient (Wildman–Crippen LogP) is 2.79. The van der Waals surface area contributed by atoms with Crippen molar-refractivity contribution >= 4 is 0 Å². The number of hydrogen-bond donors (Lipinski definition) is 1. The van der Waals surface area contributed by atoms with Gasteiger partial charge >= 0.3 is 0 Å². The average molecular weight is 231 g/mol. The molecule has 0 amide bonds. The van der Waals surface area contributed by atoms with Crippen molar-refractivity contribution in [3.05, 3.63) is 28.8 Å². The van der Waals surface area contributed by atoms with Gasteiger partial charge in [-0.15, -0.1) is 0 Å². The molecule has 1 aromatic rings. The number of aryl methyl sites for hydroxylation is 2. The van der Waals surface area contributed by atoms with E-state index in [2.05, 4.69) is 24.8 Å². The van der Waals surface area contributed by atoms with E-state index < -0.39 is 0 Å². The lowest BCUT2D eigenvalue weighted by Crippen LogP contribution is -1.97. The molecule has 2 N–H and O–H groups in total. The zero-order valence-corrected chi connectivity index (χ0v) is 11.0. The van der Waals surface area contributed by atoms with Crippen LogP contribution in [0.3, 0.4) is 0 Å². The monoisotopic (exact) mass is 231 g/mol. The maximum absolute atomic E-state index is 5.44. The predicted molar refractivity (Wildman–Crippen MR) is 72.3 cm³/mol. The van der Waals surface area contributed by atoms with Gasteiger partial charge < -0.3 is 10.5 Å². The maximum Gasteiger partial charge on any atom is 0.122 e. The van der Waals surface area contributed by atoms with E-state index in [9.17, 15) is 0 Å². The van der Waals surface area contributed by atoms with E-state index in [1.807, 2.05) is 13.0 Å². The number of benzene rings is 1. The van der Waals surface area contributed by atoms with Crippen LogP contribution in [0, 0.1) is 25.7 Å². The van der Waals surface area contributed by atoms with Gasteiger partial charge in [-0.2, -0.15) is 0 Å². The Hall–Kier alpha value is -1.46. The van der Waals surface area contributed by atoms with Crippen LogP contribution >= 0.6 is 0 Å². The largest absolute Gasteiger partial charge is 0.496 e. The summed E-state index contributed by atoms with van der Waals surface area (Å²) in [7, 11) is 1.69. The highest BCUT2D eigenvalue weighted by Gasteiger charge is 2.02. The molecule has 0 aliphatic heterocycles. The molecule has 0 aromatic heterocycles.